The SMILES string of the molecule is Cc1ccccc1CNc1ccc2n1S(F)(F)[N+]1=C(n3cc(CC(C)C)[nH]3)C=CC1=C2c1ccc(NC(=O)CO)cc1. The van der Waals surface area contributed by atoms with Crippen LogP contribution in [0.15, 0.2) is 84.7 Å². The second-order valence-corrected chi connectivity index (χ2v) is 12.4. The van der Waals surface area contributed by atoms with Gasteiger partial charge in [-0.3, -0.25) is 4.79 Å². The maximum atomic E-state index is 16.8. The van der Waals surface area contributed by atoms with E-state index >= 15 is 7.77 Å². The number of anilines is 2. The number of amides is 1. The summed E-state index contributed by atoms with van der Waals surface area (Å²) >= 11 is -4.57. The van der Waals surface area contributed by atoms with Crippen LogP contribution in [0, 0.1) is 12.8 Å². The molecule has 0 saturated heterocycles. The molecule has 2 aliphatic rings. The van der Waals surface area contributed by atoms with Crippen LogP contribution in [0.4, 0.5) is 19.3 Å². The number of aromatic amines is 1. The monoisotopic (exact) mass is 591 g/mol. The van der Waals surface area contributed by atoms with E-state index in [9.17, 15) is 4.79 Å². The number of benzene rings is 2. The van der Waals surface area contributed by atoms with Gasteiger partial charge in [-0.25, -0.2) is 9.07 Å². The number of aliphatic hydroxyl groups is 1. The smallest absolute Gasteiger partial charge is 0.321 e. The highest BCUT2D eigenvalue weighted by Crippen LogP contribution is 2.63. The number of hydrogen-bond donors (Lipinski definition) is 4. The maximum absolute atomic E-state index is 16.8. The zero-order chi connectivity index (χ0) is 29.6. The lowest BCUT2D eigenvalue weighted by Crippen LogP contribution is -2.32. The summed E-state index contributed by atoms with van der Waals surface area (Å²) in [5.41, 5.74) is 5.79. The Hall–Kier alpha value is -4.35. The molecule has 2 aromatic carbocycles. The summed E-state index contributed by atoms with van der Waals surface area (Å²) in [4.78, 5) is 11.7. The fraction of sp³-hybridized carbons (Fsp3) is 0.226. The van der Waals surface area contributed by atoms with Gasteiger partial charge < -0.3 is 15.7 Å². The fourth-order valence-corrected chi connectivity index (χ4v) is 7.05. The van der Waals surface area contributed by atoms with Crippen molar-refractivity contribution in [2.24, 2.45) is 5.92 Å². The third-order valence-electron chi connectivity index (χ3n) is 7.35. The van der Waals surface area contributed by atoms with E-state index in [0.29, 0.717) is 46.8 Å². The summed E-state index contributed by atoms with van der Waals surface area (Å²) in [5, 5.41) is 18.2. The van der Waals surface area contributed by atoms with Crippen molar-refractivity contribution in [3.8, 4) is 0 Å². The highest BCUT2D eigenvalue weighted by molar-refractivity contribution is 8.19. The zero-order valence-electron chi connectivity index (χ0n) is 23.6. The van der Waals surface area contributed by atoms with Crippen molar-refractivity contribution in [3.05, 3.63) is 113 Å². The number of aryl methyl sites for hydroxylation is 1. The van der Waals surface area contributed by atoms with Crippen LogP contribution in [0.2, 0.25) is 0 Å². The second kappa shape index (κ2) is 10.8. The van der Waals surface area contributed by atoms with Gasteiger partial charge in [0.05, 0.1) is 17.0 Å². The Balaban J connectivity index is 1.46. The number of rotatable bonds is 8. The van der Waals surface area contributed by atoms with Crippen LogP contribution in [0.25, 0.3) is 5.57 Å². The summed E-state index contributed by atoms with van der Waals surface area (Å²) < 4.78 is 37.4. The van der Waals surface area contributed by atoms with Gasteiger partial charge in [0.1, 0.15) is 18.6 Å². The van der Waals surface area contributed by atoms with Gasteiger partial charge in [0.15, 0.2) is 5.70 Å². The van der Waals surface area contributed by atoms with Gasteiger partial charge in [-0.05, 0) is 66.3 Å². The van der Waals surface area contributed by atoms with Gasteiger partial charge >= 0.3 is 17.0 Å². The minimum atomic E-state index is -4.57. The van der Waals surface area contributed by atoms with Crippen LogP contribution >= 0.6 is 11.2 Å². The summed E-state index contributed by atoms with van der Waals surface area (Å²) in [6.07, 6.45) is 6.16. The third-order valence-corrected chi connectivity index (χ3v) is 9.01. The molecule has 2 aliphatic heterocycles. The lowest BCUT2D eigenvalue weighted by atomic mass is 10.00. The minimum absolute atomic E-state index is 0.329. The minimum Gasteiger partial charge on any atom is -0.387 e. The van der Waals surface area contributed by atoms with E-state index < -0.39 is 23.7 Å². The number of nitrogens with zero attached hydrogens (tertiary/aromatic N) is 3. The number of halogens is 2. The molecule has 0 bridgehead atoms. The molecular formula is C31H33F2N6O2S+. The van der Waals surface area contributed by atoms with E-state index in [-0.39, 0.29) is 0 Å². The average Bonchev–Trinajstić information content (AvgIpc) is 3.57. The van der Waals surface area contributed by atoms with Gasteiger partial charge in [0, 0.05) is 18.3 Å². The Bertz CT molecular complexity index is 1750. The molecule has 0 saturated carbocycles. The molecule has 6 rings (SSSR count). The van der Waals surface area contributed by atoms with E-state index in [4.69, 9.17) is 5.11 Å². The van der Waals surface area contributed by atoms with Crippen molar-refractivity contribution in [2.75, 3.05) is 17.2 Å². The van der Waals surface area contributed by atoms with E-state index in [1.165, 1.54) is 0 Å². The molecule has 0 fully saturated rings. The van der Waals surface area contributed by atoms with Crippen LogP contribution in [0.3, 0.4) is 0 Å². The van der Waals surface area contributed by atoms with Crippen molar-refractivity contribution in [1.29, 1.82) is 0 Å². The Morgan fingerprint density at radius 1 is 1.07 bits per heavy atom. The molecule has 8 nitrogen and oxygen atoms in total. The summed E-state index contributed by atoms with van der Waals surface area (Å²) in [6.45, 7) is 6.01. The van der Waals surface area contributed by atoms with Gasteiger partial charge in [0.2, 0.25) is 5.91 Å². The summed E-state index contributed by atoms with van der Waals surface area (Å²) in [5.74, 6) is 0.593. The number of carbonyl (C=O) groups is 1. The fourth-order valence-electron chi connectivity index (χ4n) is 5.37. The maximum Gasteiger partial charge on any atom is 0.321 e. The molecule has 1 amide bonds. The molecule has 218 valence electrons. The number of fused-ring (bicyclic) bond motifs is 2. The van der Waals surface area contributed by atoms with Crippen LogP contribution in [-0.2, 0) is 17.8 Å². The first kappa shape index (κ1) is 27.8. The van der Waals surface area contributed by atoms with Gasteiger partial charge in [-0.1, -0.05) is 58.0 Å². The molecule has 0 radical (unpaired) electrons. The highest BCUT2D eigenvalue weighted by Gasteiger charge is 2.50. The highest BCUT2D eigenvalue weighted by atomic mass is 32.3. The summed E-state index contributed by atoms with van der Waals surface area (Å²) in [6, 6.07) is 18.3. The first-order valence-corrected chi connectivity index (χ1v) is 15.1. The van der Waals surface area contributed by atoms with Gasteiger partial charge in [-0.2, -0.15) is 0 Å². The lowest BCUT2D eigenvalue weighted by Gasteiger charge is -2.32. The number of allylic oxidation sites excluding steroid dienone is 2. The first-order valence-electron chi connectivity index (χ1n) is 13.8. The van der Waals surface area contributed by atoms with Gasteiger partial charge in [0.25, 0.3) is 0 Å². The predicted molar refractivity (Wildman–Crippen MR) is 163 cm³/mol. The largest absolute Gasteiger partial charge is 0.387 e. The van der Waals surface area contributed by atoms with Crippen LogP contribution in [0.5, 0.6) is 0 Å². The van der Waals surface area contributed by atoms with Crippen molar-refractivity contribution >= 4 is 40.0 Å². The average molecular weight is 592 g/mol. The Morgan fingerprint density at radius 2 is 1.81 bits per heavy atom. The molecule has 4 N–H and O–H groups in total. The normalized spacial score (nSPS) is 16.2. The van der Waals surface area contributed by atoms with Crippen LogP contribution in [-0.4, -0.2) is 41.2 Å². The molecule has 0 atom stereocenters. The Labute approximate surface area is 244 Å². The molecule has 2 aromatic heterocycles. The van der Waals surface area contributed by atoms with Gasteiger partial charge in [-0.15, -0.1) is 8.66 Å². The molecular weight excluding hydrogens is 558 g/mol. The number of nitrogens with one attached hydrogen (secondary N) is 3. The van der Waals surface area contributed by atoms with E-state index in [1.54, 1.807) is 53.2 Å². The molecule has 0 spiro atoms. The predicted octanol–water partition coefficient (Wildman–Crippen LogP) is 6.22. The zero-order valence-corrected chi connectivity index (χ0v) is 24.4. The molecule has 0 unspecified atom stereocenters. The number of H-pyrrole nitrogens is 1. The summed E-state index contributed by atoms with van der Waals surface area (Å²) in [7, 11) is 0. The molecule has 0 aliphatic carbocycles. The second-order valence-electron chi connectivity index (χ2n) is 10.9. The van der Waals surface area contributed by atoms with Crippen LogP contribution in [0.1, 0.15) is 41.9 Å². The molecule has 42 heavy (non-hydrogen) atoms. The van der Waals surface area contributed by atoms with E-state index in [2.05, 4.69) is 29.6 Å². The molecule has 4 aromatic rings. The quantitative estimate of drug-likeness (QED) is 0.183. The van der Waals surface area contributed by atoms with E-state index in [0.717, 1.165) is 36.8 Å². The van der Waals surface area contributed by atoms with E-state index in [1.807, 2.05) is 37.4 Å². The lowest BCUT2D eigenvalue weighted by molar-refractivity contribution is -0.305. The Morgan fingerprint density at radius 3 is 2.50 bits per heavy atom. The van der Waals surface area contributed by atoms with Crippen molar-refractivity contribution in [2.45, 2.75) is 33.7 Å². The Kier molecular flexibility index (Phi) is 7.15. The molecule has 11 heteroatoms. The third kappa shape index (κ3) is 4.88. The first-order chi connectivity index (χ1) is 20.2. The topological polar surface area (TPSA) is 90.0 Å². The number of carbonyl (C=O) groups excluding carboxylic acids is 1. The van der Waals surface area contributed by atoms with Crippen molar-refractivity contribution < 1.29 is 21.7 Å². The standard InChI is InChI=1S/C31H32F2N6O2S/c1-20(2)16-25-18-37(36-25)30-15-13-27-31(22-8-10-24(11-9-22)35-29(41)19-40)26-12-14-28(38(26)42(32,33)39(27)30)34-17-23-7-5-4-6-21(23)3/h4-15,18,20,36,40H,16-17,19H2,1-3H3,(H,34,35,41)/p+1. The van der Waals surface area contributed by atoms with Crippen molar-refractivity contribution in [3.63, 3.8) is 0 Å². The number of aliphatic hydroxyl groups excluding tert-OH is 1. The molecule has 4 heterocycles. The number of hydrogen-bond acceptors (Lipinski definition) is 3. The number of aromatic nitrogens is 3. The van der Waals surface area contributed by atoms with Crippen LogP contribution < -0.4 is 10.6 Å². The van der Waals surface area contributed by atoms with Crippen molar-refractivity contribution in [1.82, 2.24) is 13.8 Å².